The van der Waals surface area contributed by atoms with Crippen LogP contribution in [0.5, 0.6) is 0 Å². The summed E-state index contributed by atoms with van der Waals surface area (Å²) >= 11 is 0. The number of ether oxygens (including phenoxy) is 1. The van der Waals surface area contributed by atoms with E-state index in [0.29, 0.717) is 5.69 Å². The highest BCUT2D eigenvalue weighted by Gasteiger charge is 2.34. The fourth-order valence-electron chi connectivity index (χ4n) is 1.60. The van der Waals surface area contributed by atoms with Crippen LogP contribution in [-0.2, 0) is 20.7 Å². The van der Waals surface area contributed by atoms with Crippen LogP contribution in [0.15, 0.2) is 16.9 Å². The number of esters is 1. The second-order valence-corrected chi connectivity index (χ2v) is 4.00. The summed E-state index contributed by atoms with van der Waals surface area (Å²) in [6, 6.07) is 1.81. The number of amides is 1. The predicted molar refractivity (Wildman–Crippen MR) is 57.0 cm³/mol. The van der Waals surface area contributed by atoms with Crippen LogP contribution in [-0.4, -0.2) is 41.6 Å². The van der Waals surface area contributed by atoms with E-state index in [4.69, 9.17) is 0 Å². The molecule has 0 spiro atoms. The number of hydrogen-bond acceptors (Lipinski definition) is 5. The maximum atomic E-state index is 12.0. The van der Waals surface area contributed by atoms with Crippen molar-refractivity contribution in [1.29, 1.82) is 0 Å². The van der Waals surface area contributed by atoms with E-state index in [9.17, 15) is 9.59 Å². The Labute approximate surface area is 98.5 Å². The first kappa shape index (κ1) is 11.6. The standard InChI is InChI=1S/C11H14N2O4/c1-16-11(15)7-13(9-2-3-9)10(14)6-8-4-5-17-12-8/h4-5,9H,2-3,6-7H2,1H3. The topological polar surface area (TPSA) is 72.6 Å². The summed E-state index contributed by atoms with van der Waals surface area (Å²) in [6.45, 7) is 0.0118. The summed E-state index contributed by atoms with van der Waals surface area (Å²) in [7, 11) is 1.31. The number of rotatable bonds is 5. The van der Waals surface area contributed by atoms with Crippen LogP contribution in [0, 0.1) is 0 Å². The lowest BCUT2D eigenvalue weighted by Gasteiger charge is -2.20. The van der Waals surface area contributed by atoms with Gasteiger partial charge in [-0.2, -0.15) is 0 Å². The van der Waals surface area contributed by atoms with E-state index in [1.165, 1.54) is 13.4 Å². The third-order valence-corrected chi connectivity index (χ3v) is 2.66. The molecule has 0 atom stereocenters. The van der Waals surface area contributed by atoms with Gasteiger partial charge in [-0.05, 0) is 12.8 Å². The Kier molecular flexibility index (Phi) is 3.41. The minimum Gasteiger partial charge on any atom is -0.468 e. The van der Waals surface area contributed by atoms with E-state index in [-0.39, 0.29) is 24.9 Å². The SMILES string of the molecule is COC(=O)CN(C(=O)Cc1ccon1)C1CC1. The second kappa shape index (κ2) is 4.99. The minimum absolute atomic E-state index is 0.0118. The van der Waals surface area contributed by atoms with Gasteiger partial charge in [0.05, 0.1) is 19.2 Å². The quantitative estimate of drug-likeness (QED) is 0.693. The number of aromatic nitrogens is 1. The average molecular weight is 238 g/mol. The zero-order chi connectivity index (χ0) is 12.3. The summed E-state index contributed by atoms with van der Waals surface area (Å²) in [4.78, 5) is 24.7. The molecule has 0 saturated heterocycles. The first-order valence-corrected chi connectivity index (χ1v) is 5.46. The van der Waals surface area contributed by atoms with Crippen molar-refractivity contribution < 1.29 is 18.8 Å². The molecule has 0 aromatic carbocycles. The van der Waals surface area contributed by atoms with Gasteiger partial charge < -0.3 is 14.2 Å². The lowest BCUT2D eigenvalue weighted by Crippen LogP contribution is -2.38. The first-order chi connectivity index (χ1) is 8.20. The van der Waals surface area contributed by atoms with Gasteiger partial charge in [0, 0.05) is 12.1 Å². The molecule has 0 unspecified atom stereocenters. The fraction of sp³-hybridized carbons (Fsp3) is 0.545. The van der Waals surface area contributed by atoms with Gasteiger partial charge in [0.1, 0.15) is 12.8 Å². The number of hydrogen-bond donors (Lipinski definition) is 0. The Morgan fingerprint density at radius 3 is 2.88 bits per heavy atom. The van der Waals surface area contributed by atoms with Gasteiger partial charge in [-0.1, -0.05) is 5.16 Å². The highest BCUT2D eigenvalue weighted by Crippen LogP contribution is 2.27. The molecule has 6 heteroatoms. The molecule has 1 amide bonds. The van der Waals surface area contributed by atoms with Crippen LogP contribution in [0.3, 0.4) is 0 Å². The normalized spacial score (nSPS) is 14.4. The molecular weight excluding hydrogens is 224 g/mol. The van der Waals surface area contributed by atoms with Crippen LogP contribution >= 0.6 is 0 Å². The lowest BCUT2D eigenvalue weighted by molar-refractivity contribution is -0.147. The summed E-state index contributed by atoms with van der Waals surface area (Å²) < 4.78 is 9.24. The Bertz CT molecular complexity index is 398. The third-order valence-electron chi connectivity index (χ3n) is 2.66. The Morgan fingerprint density at radius 2 is 2.35 bits per heavy atom. The summed E-state index contributed by atoms with van der Waals surface area (Å²) in [5.41, 5.74) is 0.575. The van der Waals surface area contributed by atoms with E-state index in [1.54, 1.807) is 11.0 Å². The molecule has 1 aromatic heterocycles. The molecule has 6 nitrogen and oxygen atoms in total. The summed E-state index contributed by atoms with van der Waals surface area (Å²) in [5, 5.41) is 3.68. The van der Waals surface area contributed by atoms with E-state index in [1.807, 2.05) is 0 Å². The van der Waals surface area contributed by atoms with Crippen molar-refractivity contribution in [2.45, 2.75) is 25.3 Å². The van der Waals surface area contributed by atoms with Crippen LogP contribution in [0.25, 0.3) is 0 Å². The van der Waals surface area contributed by atoms with Gasteiger partial charge in [0.2, 0.25) is 5.91 Å². The van der Waals surface area contributed by atoms with E-state index >= 15 is 0 Å². The van der Waals surface area contributed by atoms with Gasteiger partial charge in [-0.15, -0.1) is 0 Å². The number of methoxy groups -OCH3 is 1. The monoisotopic (exact) mass is 238 g/mol. The highest BCUT2D eigenvalue weighted by molar-refractivity contribution is 5.83. The average Bonchev–Trinajstić information content (AvgIpc) is 3.04. The smallest absolute Gasteiger partial charge is 0.325 e. The van der Waals surface area contributed by atoms with Gasteiger partial charge >= 0.3 is 5.97 Å². The van der Waals surface area contributed by atoms with Crippen LogP contribution in [0.1, 0.15) is 18.5 Å². The largest absolute Gasteiger partial charge is 0.468 e. The molecule has 0 radical (unpaired) electrons. The van der Waals surface area contributed by atoms with Crippen molar-refractivity contribution in [2.75, 3.05) is 13.7 Å². The molecule has 0 bridgehead atoms. The van der Waals surface area contributed by atoms with Gasteiger partial charge in [-0.3, -0.25) is 9.59 Å². The van der Waals surface area contributed by atoms with Gasteiger partial charge in [0.25, 0.3) is 0 Å². The molecule has 92 valence electrons. The van der Waals surface area contributed by atoms with Crippen LogP contribution in [0.4, 0.5) is 0 Å². The molecule has 1 aromatic rings. The number of nitrogens with zero attached hydrogens (tertiary/aromatic N) is 2. The van der Waals surface area contributed by atoms with Gasteiger partial charge in [-0.25, -0.2) is 0 Å². The second-order valence-electron chi connectivity index (χ2n) is 4.00. The first-order valence-electron chi connectivity index (χ1n) is 5.46. The fourth-order valence-corrected chi connectivity index (χ4v) is 1.60. The molecule has 1 aliphatic rings. The number of carbonyl (C=O) groups excluding carboxylic acids is 2. The molecule has 1 heterocycles. The van der Waals surface area contributed by atoms with Crippen molar-refractivity contribution in [2.24, 2.45) is 0 Å². The third kappa shape index (κ3) is 3.05. The molecular formula is C11H14N2O4. The predicted octanol–water partition coefficient (Wildman–Crippen LogP) is 0.381. The van der Waals surface area contributed by atoms with Crippen LogP contribution in [0.2, 0.25) is 0 Å². The van der Waals surface area contributed by atoms with Crippen molar-refractivity contribution >= 4 is 11.9 Å². The molecule has 1 saturated carbocycles. The van der Waals surface area contributed by atoms with E-state index in [2.05, 4.69) is 14.4 Å². The van der Waals surface area contributed by atoms with Crippen molar-refractivity contribution in [3.63, 3.8) is 0 Å². The van der Waals surface area contributed by atoms with Crippen LogP contribution < -0.4 is 0 Å². The number of carbonyl (C=O) groups is 2. The molecule has 2 rings (SSSR count). The molecule has 1 fully saturated rings. The highest BCUT2D eigenvalue weighted by atomic mass is 16.5. The Hall–Kier alpha value is -1.85. The zero-order valence-electron chi connectivity index (χ0n) is 9.59. The summed E-state index contributed by atoms with van der Waals surface area (Å²) in [5.74, 6) is -0.516. The Balaban J connectivity index is 1.95. The van der Waals surface area contributed by atoms with Gasteiger partial charge in [0.15, 0.2) is 0 Å². The van der Waals surface area contributed by atoms with Crippen molar-refractivity contribution in [3.05, 3.63) is 18.0 Å². The van der Waals surface area contributed by atoms with E-state index in [0.717, 1.165) is 12.8 Å². The summed E-state index contributed by atoms with van der Waals surface area (Å²) in [6.07, 6.45) is 3.47. The molecule has 0 aliphatic heterocycles. The minimum atomic E-state index is -0.398. The Morgan fingerprint density at radius 1 is 1.59 bits per heavy atom. The van der Waals surface area contributed by atoms with Crippen molar-refractivity contribution in [1.82, 2.24) is 10.1 Å². The zero-order valence-corrected chi connectivity index (χ0v) is 9.59. The van der Waals surface area contributed by atoms with E-state index < -0.39 is 5.97 Å². The molecule has 1 aliphatic carbocycles. The maximum absolute atomic E-state index is 12.0. The lowest BCUT2D eigenvalue weighted by atomic mass is 10.2. The molecule has 0 N–H and O–H groups in total. The van der Waals surface area contributed by atoms with Crippen molar-refractivity contribution in [3.8, 4) is 0 Å². The maximum Gasteiger partial charge on any atom is 0.325 e. The molecule has 17 heavy (non-hydrogen) atoms.